The second-order valence-electron chi connectivity index (χ2n) is 5.06. The van der Waals surface area contributed by atoms with Crippen molar-refractivity contribution in [3.8, 4) is 0 Å². The number of nitrogens with zero attached hydrogens (tertiary/aromatic N) is 2. The number of hydrogen-bond acceptors (Lipinski definition) is 3. The van der Waals surface area contributed by atoms with Crippen LogP contribution < -0.4 is 5.32 Å². The SMILES string of the molecule is COCCNc1nc(C)cn1CCc1cccc(C)c1. The average Bonchev–Trinajstić information content (AvgIpc) is 2.77. The summed E-state index contributed by atoms with van der Waals surface area (Å²) in [6.07, 6.45) is 3.10. The predicted molar refractivity (Wildman–Crippen MR) is 82.2 cm³/mol. The summed E-state index contributed by atoms with van der Waals surface area (Å²) in [4.78, 5) is 4.51. The van der Waals surface area contributed by atoms with Crippen molar-refractivity contribution >= 4 is 5.95 Å². The van der Waals surface area contributed by atoms with Crippen LogP contribution in [0.3, 0.4) is 0 Å². The number of anilines is 1. The van der Waals surface area contributed by atoms with Gasteiger partial charge in [0, 0.05) is 26.4 Å². The van der Waals surface area contributed by atoms with E-state index in [-0.39, 0.29) is 0 Å². The minimum Gasteiger partial charge on any atom is -0.383 e. The summed E-state index contributed by atoms with van der Waals surface area (Å²) in [7, 11) is 1.71. The molecule has 0 spiro atoms. The summed E-state index contributed by atoms with van der Waals surface area (Å²) in [6.45, 7) is 6.54. The van der Waals surface area contributed by atoms with Gasteiger partial charge in [-0.05, 0) is 25.8 Å². The maximum atomic E-state index is 5.05. The largest absolute Gasteiger partial charge is 0.383 e. The molecule has 0 aliphatic heterocycles. The van der Waals surface area contributed by atoms with Gasteiger partial charge in [0.05, 0.1) is 12.3 Å². The molecule has 0 unspecified atom stereocenters. The normalized spacial score (nSPS) is 10.8. The van der Waals surface area contributed by atoms with Crippen LogP contribution in [0.2, 0.25) is 0 Å². The van der Waals surface area contributed by atoms with Crippen LogP contribution in [0.15, 0.2) is 30.5 Å². The van der Waals surface area contributed by atoms with Gasteiger partial charge in [-0.15, -0.1) is 0 Å². The molecule has 1 heterocycles. The number of aryl methyl sites for hydroxylation is 4. The molecule has 1 aromatic carbocycles. The fraction of sp³-hybridized carbons (Fsp3) is 0.438. The van der Waals surface area contributed by atoms with E-state index in [2.05, 4.69) is 52.3 Å². The lowest BCUT2D eigenvalue weighted by molar-refractivity contribution is 0.210. The van der Waals surface area contributed by atoms with Gasteiger partial charge in [0.2, 0.25) is 5.95 Å². The number of methoxy groups -OCH3 is 1. The first-order valence-electron chi connectivity index (χ1n) is 7.01. The molecule has 108 valence electrons. The highest BCUT2D eigenvalue weighted by atomic mass is 16.5. The van der Waals surface area contributed by atoms with Gasteiger partial charge in [0.15, 0.2) is 0 Å². The number of hydrogen-bond donors (Lipinski definition) is 1. The number of benzene rings is 1. The van der Waals surface area contributed by atoms with Crippen molar-refractivity contribution in [1.29, 1.82) is 0 Å². The highest BCUT2D eigenvalue weighted by molar-refractivity contribution is 5.29. The summed E-state index contributed by atoms with van der Waals surface area (Å²) in [5.74, 6) is 0.923. The maximum absolute atomic E-state index is 5.05. The minimum atomic E-state index is 0.684. The molecule has 1 N–H and O–H groups in total. The lowest BCUT2D eigenvalue weighted by Gasteiger charge is -2.09. The molecule has 0 aliphatic carbocycles. The molecular formula is C16H23N3O. The van der Waals surface area contributed by atoms with Crippen LogP contribution in [0.5, 0.6) is 0 Å². The third-order valence-corrected chi connectivity index (χ3v) is 3.21. The van der Waals surface area contributed by atoms with Crippen molar-refractivity contribution in [3.05, 3.63) is 47.3 Å². The molecule has 0 saturated heterocycles. The van der Waals surface area contributed by atoms with E-state index in [1.807, 2.05) is 6.92 Å². The molecule has 0 saturated carbocycles. The van der Waals surface area contributed by atoms with Crippen molar-refractivity contribution in [2.24, 2.45) is 0 Å². The van der Waals surface area contributed by atoms with Gasteiger partial charge in [-0.2, -0.15) is 0 Å². The van der Waals surface area contributed by atoms with Gasteiger partial charge >= 0.3 is 0 Å². The average molecular weight is 273 g/mol. The van der Waals surface area contributed by atoms with Crippen LogP contribution >= 0.6 is 0 Å². The van der Waals surface area contributed by atoms with Crippen LogP contribution in [0.25, 0.3) is 0 Å². The molecule has 2 rings (SSSR count). The molecule has 0 bridgehead atoms. The Bertz CT molecular complexity index is 548. The molecule has 4 nitrogen and oxygen atoms in total. The molecule has 4 heteroatoms. The fourth-order valence-corrected chi connectivity index (χ4v) is 2.24. The first-order valence-corrected chi connectivity index (χ1v) is 7.01. The zero-order valence-electron chi connectivity index (χ0n) is 12.5. The highest BCUT2D eigenvalue weighted by Gasteiger charge is 2.05. The Labute approximate surface area is 120 Å². The zero-order chi connectivity index (χ0) is 14.4. The number of ether oxygens (including phenoxy) is 1. The second kappa shape index (κ2) is 7.10. The highest BCUT2D eigenvalue weighted by Crippen LogP contribution is 2.11. The summed E-state index contributed by atoms with van der Waals surface area (Å²) < 4.78 is 7.23. The standard InChI is InChI=1S/C16H23N3O/c1-13-5-4-6-15(11-13)7-9-19-12-14(2)18-16(19)17-8-10-20-3/h4-6,11-12H,7-10H2,1-3H3,(H,17,18). The monoisotopic (exact) mass is 273 g/mol. The Morgan fingerprint density at radius 2 is 2.15 bits per heavy atom. The Morgan fingerprint density at radius 3 is 2.90 bits per heavy atom. The first-order chi connectivity index (χ1) is 9.69. The second-order valence-corrected chi connectivity index (χ2v) is 5.06. The molecule has 0 fully saturated rings. The van der Waals surface area contributed by atoms with Crippen molar-refractivity contribution in [3.63, 3.8) is 0 Å². The van der Waals surface area contributed by atoms with Gasteiger partial charge in [-0.25, -0.2) is 4.98 Å². The van der Waals surface area contributed by atoms with Crippen molar-refractivity contribution in [1.82, 2.24) is 9.55 Å². The maximum Gasteiger partial charge on any atom is 0.203 e. The Hall–Kier alpha value is -1.81. The third-order valence-electron chi connectivity index (χ3n) is 3.21. The van der Waals surface area contributed by atoms with Gasteiger partial charge in [-0.3, -0.25) is 0 Å². The van der Waals surface area contributed by atoms with Crippen LogP contribution in [-0.2, 0) is 17.7 Å². The molecule has 1 aromatic heterocycles. The Morgan fingerprint density at radius 1 is 1.30 bits per heavy atom. The number of rotatable bonds is 7. The first kappa shape index (κ1) is 14.6. The van der Waals surface area contributed by atoms with E-state index in [1.54, 1.807) is 7.11 Å². The van der Waals surface area contributed by atoms with E-state index in [0.717, 1.165) is 31.2 Å². The van der Waals surface area contributed by atoms with Gasteiger partial charge in [-0.1, -0.05) is 29.8 Å². The Kier molecular flexibility index (Phi) is 5.18. The van der Waals surface area contributed by atoms with Crippen LogP contribution in [0, 0.1) is 13.8 Å². The van der Waals surface area contributed by atoms with Gasteiger partial charge in [0.1, 0.15) is 0 Å². The fourth-order valence-electron chi connectivity index (χ4n) is 2.24. The van der Waals surface area contributed by atoms with Crippen molar-refractivity contribution < 1.29 is 4.74 Å². The summed E-state index contributed by atoms with van der Waals surface area (Å²) in [5.41, 5.74) is 3.70. The predicted octanol–water partition coefficient (Wildman–Crippen LogP) is 2.80. The number of aromatic nitrogens is 2. The summed E-state index contributed by atoms with van der Waals surface area (Å²) in [6, 6.07) is 8.65. The molecule has 0 atom stereocenters. The molecule has 0 radical (unpaired) electrons. The van der Waals surface area contributed by atoms with E-state index in [0.29, 0.717) is 6.61 Å². The van der Waals surface area contributed by atoms with Crippen molar-refractivity contribution in [2.75, 3.05) is 25.6 Å². The van der Waals surface area contributed by atoms with Crippen molar-refractivity contribution in [2.45, 2.75) is 26.8 Å². The topological polar surface area (TPSA) is 39.1 Å². The van der Waals surface area contributed by atoms with E-state index >= 15 is 0 Å². The minimum absolute atomic E-state index is 0.684. The lowest BCUT2D eigenvalue weighted by Crippen LogP contribution is -2.13. The van der Waals surface area contributed by atoms with Crippen LogP contribution in [0.1, 0.15) is 16.8 Å². The molecule has 2 aromatic rings. The number of imidazole rings is 1. The van der Waals surface area contributed by atoms with Crippen LogP contribution in [-0.4, -0.2) is 29.8 Å². The number of nitrogens with one attached hydrogen (secondary N) is 1. The summed E-state index contributed by atoms with van der Waals surface area (Å²) in [5, 5.41) is 3.31. The summed E-state index contributed by atoms with van der Waals surface area (Å²) >= 11 is 0. The van der Waals surface area contributed by atoms with Gasteiger partial charge in [0.25, 0.3) is 0 Å². The smallest absolute Gasteiger partial charge is 0.203 e. The lowest BCUT2D eigenvalue weighted by atomic mass is 10.1. The Balaban J connectivity index is 1.98. The molecular weight excluding hydrogens is 250 g/mol. The quantitative estimate of drug-likeness (QED) is 0.788. The third kappa shape index (κ3) is 4.10. The van der Waals surface area contributed by atoms with E-state index in [1.165, 1.54) is 11.1 Å². The van der Waals surface area contributed by atoms with Crippen LogP contribution in [0.4, 0.5) is 5.95 Å². The molecule has 20 heavy (non-hydrogen) atoms. The van der Waals surface area contributed by atoms with E-state index in [4.69, 9.17) is 4.74 Å². The zero-order valence-corrected chi connectivity index (χ0v) is 12.5. The van der Waals surface area contributed by atoms with E-state index in [9.17, 15) is 0 Å². The molecule has 0 aliphatic rings. The van der Waals surface area contributed by atoms with E-state index < -0.39 is 0 Å². The molecule has 0 amide bonds. The van der Waals surface area contributed by atoms with Gasteiger partial charge < -0.3 is 14.6 Å².